The highest BCUT2D eigenvalue weighted by Crippen LogP contribution is 2.16. The van der Waals surface area contributed by atoms with Gasteiger partial charge in [-0.25, -0.2) is 4.79 Å². The molecule has 1 aromatic heterocycles. The Kier molecular flexibility index (Phi) is 6.10. The summed E-state index contributed by atoms with van der Waals surface area (Å²) >= 11 is 5.91. The molecule has 0 saturated heterocycles. The molecule has 0 aliphatic heterocycles. The maximum Gasteiger partial charge on any atom is 0.326 e. The van der Waals surface area contributed by atoms with E-state index in [0.29, 0.717) is 5.69 Å². The third-order valence-electron chi connectivity index (χ3n) is 2.72. The predicted molar refractivity (Wildman–Crippen MR) is 74.4 cm³/mol. The summed E-state index contributed by atoms with van der Waals surface area (Å²) < 4.78 is 0. The normalized spacial score (nSPS) is 11.7. The topological polar surface area (TPSA) is 117 Å². The predicted octanol–water partition coefficient (Wildman–Crippen LogP) is 1.48. The fourth-order valence-electron chi connectivity index (χ4n) is 1.64. The van der Waals surface area contributed by atoms with Gasteiger partial charge in [0.2, 0.25) is 0 Å². The second-order valence-electron chi connectivity index (χ2n) is 4.46. The molecule has 7 nitrogen and oxygen atoms in total. The minimum absolute atomic E-state index is 0.0181. The molecule has 0 radical (unpaired) electrons. The first-order chi connectivity index (χ1) is 9.81. The van der Waals surface area contributed by atoms with E-state index in [2.05, 4.69) is 10.3 Å². The van der Waals surface area contributed by atoms with Gasteiger partial charge in [0, 0.05) is 18.3 Å². The Bertz CT molecular complexity index is 561. The summed E-state index contributed by atoms with van der Waals surface area (Å²) in [5.41, 5.74) is 0.708. The van der Waals surface area contributed by atoms with Gasteiger partial charge in [0.15, 0.2) is 0 Å². The number of hydrogen-bond acceptors (Lipinski definition) is 4. The maximum absolute atomic E-state index is 12.0. The minimum Gasteiger partial charge on any atom is -0.481 e. The van der Waals surface area contributed by atoms with Crippen LogP contribution in [-0.4, -0.2) is 39.1 Å². The molecular formula is C13H15ClN2O5. The van der Waals surface area contributed by atoms with Crippen molar-refractivity contribution in [2.24, 2.45) is 0 Å². The molecule has 1 heterocycles. The number of carbonyl (C=O) groups is 3. The van der Waals surface area contributed by atoms with Crippen molar-refractivity contribution in [3.8, 4) is 0 Å². The zero-order valence-corrected chi connectivity index (χ0v) is 12.1. The van der Waals surface area contributed by atoms with Crippen molar-refractivity contribution in [3.63, 3.8) is 0 Å². The van der Waals surface area contributed by atoms with E-state index in [1.165, 1.54) is 12.3 Å². The van der Waals surface area contributed by atoms with Gasteiger partial charge >= 0.3 is 11.9 Å². The Morgan fingerprint density at radius 3 is 2.57 bits per heavy atom. The average molecular weight is 315 g/mol. The van der Waals surface area contributed by atoms with Crippen LogP contribution in [0.4, 0.5) is 0 Å². The number of amides is 1. The van der Waals surface area contributed by atoms with E-state index in [4.69, 9.17) is 21.8 Å². The number of carboxylic acids is 2. The van der Waals surface area contributed by atoms with Gasteiger partial charge in [0.1, 0.15) is 6.04 Å². The minimum atomic E-state index is -1.23. The first-order valence-corrected chi connectivity index (χ1v) is 6.56. The smallest absolute Gasteiger partial charge is 0.326 e. The second kappa shape index (κ2) is 7.58. The van der Waals surface area contributed by atoms with Crippen molar-refractivity contribution in [2.75, 3.05) is 0 Å². The molecule has 0 unspecified atom stereocenters. The van der Waals surface area contributed by atoms with Crippen molar-refractivity contribution < 1.29 is 24.6 Å². The number of halogens is 1. The maximum atomic E-state index is 12.0. The number of nitrogens with one attached hydrogen (secondary N) is 1. The molecule has 0 aliphatic carbocycles. The molecule has 0 aliphatic rings. The molecular weight excluding hydrogens is 300 g/mol. The molecule has 1 rings (SSSR count). The Balaban J connectivity index is 2.72. The Morgan fingerprint density at radius 1 is 1.38 bits per heavy atom. The largest absolute Gasteiger partial charge is 0.481 e. The van der Waals surface area contributed by atoms with Crippen molar-refractivity contribution in [1.29, 1.82) is 0 Å². The molecule has 21 heavy (non-hydrogen) atoms. The number of aryl methyl sites for hydroxylation is 1. The van der Waals surface area contributed by atoms with Crippen LogP contribution in [0.2, 0.25) is 5.02 Å². The van der Waals surface area contributed by atoms with Crippen LogP contribution in [0, 0.1) is 6.92 Å². The first-order valence-electron chi connectivity index (χ1n) is 6.19. The van der Waals surface area contributed by atoms with Crippen molar-refractivity contribution in [2.45, 2.75) is 32.2 Å². The molecule has 1 atom stereocenters. The summed E-state index contributed by atoms with van der Waals surface area (Å²) in [7, 11) is 0. The molecule has 8 heteroatoms. The zero-order valence-electron chi connectivity index (χ0n) is 11.3. The SMILES string of the molecule is Cc1cc(Cl)c(C(=O)N[C@H](CCCC(=O)O)C(=O)O)cn1. The van der Waals surface area contributed by atoms with Gasteiger partial charge in [-0.15, -0.1) is 0 Å². The molecule has 0 bridgehead atoms. The number of carboxylic acid groups (broad SMARTS) is 2. The molecule has 0 aromatic carbocycles. The summed E-state index contributed by atoms with van der Waals surface area (Å²) in [5, 5.41) is 20.1. The lowest BCUT2D eigenvalue weighted by Gasteiger charge is -2.14. The summed E-state index contributed by atoms with van der Waals surface area (Å²) in [6.07, 6.45) is 1.27. The van der Waals surface area contributed by atoms with Gasteiger partial charge < -0.3 is 15.5 Å². The van der Waals surface area contributed by atoms with Gasteiger partial charge in [0.25, 0.3) is 5.91 Å². The Labute approximate surface area is 125 Å². The highest BCUT2D eigenvalue weighted by molar-refractivity contribution is 6.33. The molecule has 1 aromatic rings. The summed E-state index contributed by atoms with van der Waals surface area (Å²) in [6, 6.07) is 0.325. The zero-order chi connectivity index (χ0) is 16.0. The van der Waals surface area contributed by atoms with Gasteiger partial charge in [-0.05, 0) is 25.8 Å². The third kappa shape index (κ3) is 5.39. The van der Waals surface area contributed by atoms with Crippen molar-refractivity contribution in [3.05, 3.63) is 28.5 Å². The van der Waals surface area contributed by atoms with Crippen LogP contribution in [0.3, 0.4) is 0 Å². The number of hydrogen-bond donors (Lipinski definition) is 3. The van der Waals surface area contributed by atoms with E-state index in [1.807, 2.05) is 0 Å². The number of carbonyl (C=O) groups excluding carboxylic acids is 1. The monoisotopic (exact) mass is 314 g/mol. The quantitative estimate of drug-likeness (QED) is 0.702. The van der Waals surface area contributed by atoms with E-state index in [0.717, 1.165) is 0 Å². The summed E-state index contributed by atoms with van der Waals surface area (Å²) in [4.78, 5) is 37.4. The van der Waals surface area contributed by atoms with Crippen molar-refractivity contribution >= 4 is 29.4 Å². The highest BCUT2D eigenvalue weighted by Gasteiger charge is 2.22. The number of aromatic nitrogens is 1. The number of pyridine rings is 1. The highest BCUT2D eigenvalue weighted by atomic mass is 35.5. The van der Waals surface area contributed by atoms with Gasteiger partial charge in [-0.1, -0.05) is 11.6 Å². The molecule has 0 spiro atoms. The summed E-state index contributed by atoms with van der Waals surface area (Å²) in [6.45, 7) is 1.71. The van der Waals surface area contributed by atoms with E-state index in [9.17, 15) is 14.4 Å². The van der Waals surface area contributed by atoms with E-state index >= 15 is 0 Å². The first kappa shape index (κ1) is 16.9. The molecule has 0 saturated carbocycles. The fraction of sp³-hybridized carbons (Fsp3) is 0.385. The van der Waals surface area contributed by atoms with E-state index in [-0.39, 0.29) is 29.8 Å². The van der Waals surface area contributed by atoms with Crippen molar-refractivity contribution in [1.82, 2.24) is 10.3 Å². The lowest BCUT2D eigenvalue weighted by atomic mass is 10.1. The lowest BCUT2D eigenvalue weighted by molar-refractivity contribution is -0.140. The van der Waals surface area contributed by atoms with E-state index < -0.39 is 23.9 Å². The van der Waals surface area contributed by atoms with Crippen LogP contribution < -0.4 is 5.32 Å². The number of aliphatic carboxylic acids is 2. The molecule has 0 fully saturated rings. The summed E-state index contributed by atoms with van der Waals surface area (Å²) in [5.74, 6) is -2.91. The van der Waals surface area contributed by atoms with Crippen LogP contribution >= 0.6 is 11.6 Å². The molecule has 1 amide bonds. The molecule has 3 N–H and O–H groups in total. The molecule has 114 valence electrons. The van der Waals surface area contributed by atoms with Crippen LogP contribution in [0.15, 0.2) is 12.3 Å². The number of nitrogens with zero attached hydrogens (tertiary/aromatic N) is 1. The third-order valence-corrected chi connectivity index (χ3v) is 3.03. The number of rotatable bonds is 7. The van der Waals surface area contributed by atoms with Crippen LogP contribution in [0.5, 0.6) is 0 Å². The van der Waals surface area contributed by atoms with Gasteiger partial charge in [-0.3, -0.25) is 14.6 Å². The lowest BCUT2D eigenvalue weighted by Crippen LogP contribution is -2.41. The average Bonchev–Trinajstić information content (AvgIpc) is 2.36. The van der Waals surface area contributed by atoms with Gasteiger partial charge in [-0.2, -0.15) is 0 Å². The Morgan fingerprint density at radius 2 is 2.05 bits per heavy atom. The second-order valence-corrected chi connectivity index (χ2v) is 4.86. The van der Waals surface area contributed by atoms with Gasteiger partial charge in [0.05, 0.1) is 10.6 Å². The van der Waals surface area contributed by atoms with Crippen LogP contribution in [-0.2, 0) is 9.59 Å². The fourth-order valence-corrected chi connectivity index (χ4v) is 1.94. The van der Waals surface area contributed by atoms with E-state index in [1.54, 1.807) is 6.92 Å². The van der Waals surface area contributed by atoms with Crippen LogP contribution in [0.25, 0.3) is 0 Å². The Hall–Kier alpha value is -2.15. The van der Waals surface area contributed by atoms with Crippen LogP contribution in [0.1, 0.15) is 35.3 Å². The standard InChI is InChI=1S/C13H15ClN2O5/c1-7-5-9(14)8(6-15-7)12(19)16-10(13(20)21)3-2-4-11(17)18/h5-6,10H,2-4H2,1H3,(H,16,19)(H,17,18)(H,20,21)/t10-/m1/s1.